The van der Waals surface area contributed by atoms with Crippen LogP contribution in [0.4, 0.5) is 0 Å². The first-order valence-electron chi connectivity index (χ1n) is 7.13. The smallest absolute Gasteiger partial charge is 0.313 e. The van der Waals surface area contributed by atoms with Crippen LogP contribution in [0, 0.1) is 0 Å². The molecule has 0 spiro atoms. The Bertz CT molecular complexity index is 432. The minimum Gasteiger partial charge on any atom is -0.469 e. The minimum absolute atomic E-state index is 0.232. The molecular formula is C16H22Cl2O2. The first-order valence-corrected chi connectivity index (χ1v) is 7.88. The van der Waals surface area contributed by atoms with Gasteiger partial charge in [-0.2, -0.15) is 0 Å². The highest BCUT2D eigenvalue weighted by Gasteiger charge is 2.23. The molecule has 0 aliphatic heterocycles. The molecule has 112 valence electrons. The number of ether oxygens (including phenoxy) is 1. The van der Waals surface area contributed by atoms with Gasteiger partial charge < -0.3 is 4.74 Å². The molecule has 1 atom stereocenters. The van der Waals surface area contributed by atoms with Crippen molar-refractivity contribution in [2.24, 2.45) is 0 Å². The molecule has 0 bridgehead atoms. The minimum atomic E-state index is -0.300. The lowest BCUT2D eigenvalue weighted by atomic mass is 9.93. The first kappa shape index (κ1) is 17.3. The van der Waals surface area contributed by atoms with Crippen molar-refractivity contribution in [3.8, 4) is 0 Å². The van der Waals surface area contributed by atoms with Gasteiger partial charge in [0.05, 0.1) is 13.0 Å². The lowest BCUT2D eigenvalue weighted by Gasteiger charge is -2.16. The van der Waals surface area contributed by atoms with Crippen molar-refractivity contribution >= 4 is 29.2 Å². The van der Waals surface area contributed by atoms with Gasteiger partial charge in [0.1, 0.15) is 0 Å². The highest BCUT2D eigenvalue weighted by atomic mass is 35.5. The van der Waals surface area contributed by atoms with E-state index in [9.17, 15) is 4.79 Å². The van der Waals surface area contributed by atoms with Crippen molar-refractivity contribution in [3.05, 3.63) is 33.8 Å². The summed E-state index contributed by atoms with van der Waals surface area (Å²) in [4.78, 5) is 12.0. The van der Waals surface area contributed by atoms with Crippen LogP contribution in [-0.2, 0) is 9.53 Å². The molecule has 1 rings (SSSR count). The van der Waals surface area contributed by atoms with E-state index in [1.165, 1.54) is 26.4 Å². The maximum atomic E-state index is 12.0. The van der Waals surface area contributed by atoms with Gasteiger partial charge >= 0.3 is 5.97 Å². The van der Waals surface area contributed by atoms with Gasteiger partial charge in [-0.05, 0) is 24.1 Å². The highest BCUT2D eigenvalue weighted by Crippen LogP contribution is 2.31. The average Bonchev–Trinajstić information content (AvgIpc) is 2.43. The van der Waals surface area contributed by atoms with E-state index in [2.05, 4.69) is 6.92 Å². The van der Waals surface area contributed by atoms with Crippen molar-refractivity contribution in [2.45, 2.75) is 51.4 Å². The van der Waals surface area contributed by atoms with Crippen LogP contribution >= 0.6 is 23.2 Å². The standard InChI is InChI=1S/C16H22Cl2O2/c1-3-4-5-6-7-8-14(16(19)20-2)13-10-9-12(17)11-15(13)18/h9-11,14H,3-8H2,1-2H3. The zero-order valence-electron chi connectivity index (χ0n) is 12.1. The highest BCUT2D eigenvalue weighted by molar-refractivity contribution is 6.35. The lowest BCUT2D eigenvalue weighted by Crippen LogP contribution is -2.15. The number of rotatable bonds is 8. The maximum absolute atomic E-state index is 12.0. The van der Waals surface area contributed by atoms with Gasteiger partial charge in [0.2, 0.25) is 0 Å². The second-order valence-electron chi connectivity index (χ2n) is 4.94. The van der Waals surface area contributed by atoms with E-state index in [1.54, 1.807) is 12.1 Å². The molecule has 0 saturated carbocycles. The molecular weight excluding hydrogens is 295 g/mol. The van der Waals surface area contributed by atoms with E-state index in [1.807, 2.05) is 6.07 Å². The van der Waals surface area contributed by atoms with E-state index in [0.29, 0.717) is 10.0 Å². The number of hydrogen-bond donors (Lipinski definition) is 0. The van der Waals surface area contributed by atoms with E-state index >= 15 is 0 Å². The van der Waals surface area contributed by atoms with Gasteiger partial charge in [0.15, 0.2) is 0 Å². The Morgan fingerprint density at radius 3 is 2.50 bits per heavy atom. The fourth-order valence-corrected chi connectivity index (χ4v) is 2.82. The summed E-state index contributed by atoms with van der Waals surface area (Å²) < 4.78 is 4.90. The molecule has 0 aliphatic rings. The zero-order chi connectivity index (χ0) is 15.0. The molecule has 1 aromatic carbocycles. The van der Waals surface area contributed by atoms with E-state index in [0.717, 1.165) is 24.8 Å². The number of unbranched alkanes of at least 4 members (excludes halogenated alkanes) is 4. The van der Waals surface area contributed by atoms with Crippen LogP contribution in [0.3, 0.4) is 0 Å². The lowest BCUT2D eigenvalue weighted by molar-refractivity contribution is -0.142. The molecule has 4 heteroatoms. The summed E-state index contributed by atoms with van der Waals surface area (Å²) in [6.07, 6.45) is 6.55. The fourth-order valence-electron chi connectivity index (χ4n) is 2.28. The molecule has 2 nitrogen and oxygen atoms in total. The third-order valence-electron chi connectivity index (χ3n) is 3.42. The van der Waals surface area contributed by atoms with Crippen LogP contribution in [0.1, 0.15) is 56.9 Å². The maximum Gasteiger partial charge on any atom is 0.313 e. The van der Waals surface area contributed by atoms with Gasteiger partial charge in [0.25, 0.3) is 0 Å². The second kappa shape index (κ2) is 9.25. The van der Waals surface area contributed by atoms with Crippen LogP contribution < -0.4 is 0 Å². The second-order valence-corrected chi connectivity index (χ2v) is 5.79. The monoisotopic (exact) mass is 316 g/mol. The Hall–Kier alpha value is -0.730. The number of halogens is 2. The van der Waals surface area contributed by atoms with Crippen LogP contribution in [0.5, 0.6) is 0 Å². The molecule has 0 amide bonds. The SMILES string of the molecule is CCCCCCCC(C(=O)OC)c1ccc(Cl)cc1Cl. The van der Waals surface area contributed by atoms with Gasteiger partial charge in [-0.1, -0.05) is 68.3 Å². The summed E-state index contributed by atoms with van der Waals surface area (Å²) in [5, 5.41) is 1.10. The summed E-state index contributed by atoms with van der Waals surface area (Å²) in [5.41, 5.74) is 0.804. The van der Waals surface area contributed by atoms with Crippen LogP contribution in [0.2, 0.25) is 10.0 Å². The Labute approximate surface area is 131 Å². The third-order valence-corrected chi connectivity index (χ3v) is 3.98. The molecule has 0 fully saturated rings. The Morgan fingerprint density at radius 2 is 1.90 bits per heavy atom. The molecule has 20 heavy (non-hydrogen) atoms. The number of carbonyl (C=O) groups excluding carboxylic acids is 1. The van der Waals surface area contributed by atoms with Crippen molar-refractivity contribution in [1.29, 1.82) is 0 Å². The molecule has 0 saturated heterocycles. The average molecular weight is 317 g/mol. The number of methoxy groups -OCH3 is 1. The van der Waals surface area contributed by atoms with Crippen molar-refractivity contribution < 1.29 is 9.53 Å². The van der Waals surface area contributed by atoms with Crippen LogP contribution in [0.25, 0.3) is 0 Å². The number of hydrogen-bond acceptors (Lipinski definition) is 2. The normalized spacial score (nSPS) is 12.2. The summed E-state index contributed by atoms with van der Waals surface area (Å²) in [7, 11) is 1.41. The van der Waals surface area contributed by atoms with Gasteiger partial charge in [-0.3, -0.25) is 4.79 Å². The topological polar surface area (TPSA) is 26.3 Å². The van der Waals surface area contributed by atoms with E-state index in [4.69, 9.17) is 27.9 Å². The summed E-state index contributed by atoms with van der Waals surface area (Å²) in [6.45, 7) is 2.19. The Morgan fingerprint density at radius 1 is 1.20 bits per heavy atom. The number of esters is 1. The Balaban J connectivity index is 2.71. The van der Waals surface area contributed by atoms with Gasteiger partial charge in [-0.15, -0.1) is 0 Å². The van der Waals surface area contributed by atoms with E-state index in [-0.39, 0.29) is 11.9 Å². The molecule has 1 aromatic rings. The molecule has 1 unspecified atom stereocenters. The quantitative estimate of drug-likeness (QED) is 0.460. The number of benzene rings is 1. The summed E-state index contributed by atoms with van der Waals surface area (Å²) in [5.74, 6) is -0.531. The molecule has 0 aliphatic carbocycles. The van der Waals surface area contributed by atoms with Crippen molar-refractivity contribution in [1.82, 2.24) is 0 Å². The van der Waals surface area contributed by atoms with Gasteiger partial charge in [-0.25, -0.2) is 0 Å². The molecule has 0 aromatic heterocycles. The van der Waals surface area contributed by atoms with Crippen LogP contribution in [0.15, 0.2) is 18.2 Å². The van der Waals surface area contributed by atoms with E-state index < -0.39 is 0 Å². The zero-order valence-corrected chi connectivity index (χ0v) is 13.6. The predicted octanol–water partition coefficient (Wildman–Crippen LogP) is 5.61. The number of carbonyl (C=O) groups is 1. The molecule has 0 N–H and O–H groups in total. The van der Waals surface area contributed by atoms with Crippen molar-refractivity contribution in [3.63, 3.8) is 0 Å². The van der Waals surface area contributed by atoms with Crippen molar-refractivity contribution in [2.75, 3.05) is 7.11 Å². The summed E-state index contributed by atoms with van der Waals surface area (Å²) >= 11 is 12.1. The summed E-state index contributed by atoms with van der Waals surface area (Å²) in [6, 6.07) is 5.25. The largest absolute Gasteiger partial charge is 0.469 e. The van der Waals surface area contributed by atoms with Crippen LogP contribution in [-0.4, -0.2) is 13.1 Å². The predicted molar refractivity (Wildman–Crippen MR) is 84.6 cm³/mol. The van der Waals surface area contributed by atoms with Gasteiger partial charge in [0, 0.05) is 10.0 Å². The Kier molecular flexibility index (Phi) is 8.01. The molecule has 0 heterocycles. The molecule has 0 radical (unpaired) electrons. The first-order chi connectivity index (χ1) is 9.60. The fraction of sp³-hybridized carbons (Fsp3) is 0.562. The third kappa shape index (κ3) is 5.34.